The van der Waals surface area contributed by atoms with E-state index in [9.17, 15) is 9.90 Å². The lowest BCUT2D eigenvalue weighted by atomic mass is 9.76. The Morgan fingerprint density at radius 3 is 2.95 bits per heavy atom. The molecule has 0 saturated heterocycles. The standard InChI is InChI=1S/C15H21ClN2O2/c1-10-3-2-6-15(8-10,9-19)18-14(20)12-5-4-11(16)7-13(12)17/h4-5,7,10,19H,2-3,6,8-9,17H2,1H3,(H,18,20). The third-order valence-corrected chi connectivity index (χ3v) is 4.27. The molecule has 20 heavy (non-hydrogen) atoms. The first kappa shape index (κ1) is 15.1. The molecule has 0 spiro atoms. The van der Waals surface area contributed by atoms with E-state index in [-0.39, 0.29) is 12.5 Å². The number of anilines is 1. The van der Waals surface area contributed by atoms with Crippen molar-refractivity contribution in [2.45, 2.75) is 38.1 Å². The first-order valence-electron chi connectivity index (χ1n) is 6.94. The maximum atomic E-state index is 12.4. The molecule has 1 aliphatic carbocycles. The predicted octanol–water partition coefficient (Wildman–Crippen LogP) is 2.59. The molecule has 0 radical (unpaired) electrons. The monoisotopic (exact) mass is 296 g/mol. The Morgan fingerprint density at radius 2 is 2.35 bits per heavy atom. The molecule has 1 aliphatic rings. The summed E-state index contributed by atoms with van der Waals surface area (Å²) in [6.07, 6.45) is 3.74. The summed E-state index contributed by atoms with van der Waals surface area (Å²) >= 11 is 5.84. The Labute approximate surface area is 124 Å². The molecule has 2 rings (SSSR count). The topological polar surface area (TPSA) is 75.3 Å². The SMILES string of the molecule is CC1CCCC(CO)(NC(=O)c2ccc(Cl)cc2N)C1. The first-order valence-corrected chi connectivity index (χ1v) is 7.32. The normalized spacial score (nSPS) is 26.2. The maximum absolute atomic E-state index is 12.4. The highest BCUT2D eigenvalue weighted by molar-refractivity contribution is 6.31. The van der Waals surface area contributed by atoms with Gasteiger partial charge in [0.15, 0.2) is 0 Å². The summed E-state index contributed by atoms with van der Waals surface area (Å²) in [4.78, 5) is 12.4. The van der Waals surface area contributed by atoms with Crippen LogP contribution in [0.3, 0.4) is 0 Å². The minimum atomic E-state index is -0.527. The molecule has 1 aromatic carbocycles. The number of hydrogen-bond acceptors (Lipinski definition) is 3. The fourth-order valence-electron chi connectivity index (χ4n) is 3.01. The van der Waals surface area contributed by atoms with Gasteiger partial charge in [-0.15, -0.1) is 0 Å². The quantitative estimate of drug-likeness (QED) is 0.751. The molecule has 4 N–H and O–H groups in total. The van der Waals surface area contributed by atoms with Crippen molar-refractivity contribution >= 4 is 23.2 Å². The second kappa shape index (κ2) is 6.02. The van der Waals surface area contributed by atoms with Crippen LogP contribution in [0.4, 0.5) is 5.69 Å². The van der Waals surface area contributed by atoms with Gasteiger partial charge < -0.3 is 16.2 Å². The van der Waals surface area contributed by atoms with Gasteiger partial charge in [0.25, 0.3) is 5.91 Å². The summed E-state index contributed by atoms with van der Waals surface area (Å²) in [5.41, 5.74) is 6.06. The van der Waals surface area contributed by atoms with Crippen LogP contribution in [-0.4, -0.2) is 23.2 Å². The third-order valence-electron chi connectivity index (χ3n) is 4.03. The van der Waals surface area contributed by atoms with Crippen LogP contribution in [0.25, 0.3) is 0 Å². The molecular formula is C15H21ClN2O2. The summed E-state index contributed by atoms with van der Waals surface area (Å²) in [5, 5.41) is 13.2. The Kier molecular flexibility index (Phi) is 4.55. The van der Waals surface area contributed by atoms with Gasteiger partial charge in [0.1, 0.15) is 0 Å². The average molecular weight is 297 g/mol. The van der Waals surface area contributed by atoms with E-state index >= 15 is 0 Å². The van der Waals surface area contributed by atoms with Crippen molar-refractivity contribution in [1.82, 2.24) is 5.32 Å². The van der Waals surface area contributed by atoms with Gasteiger partial charge in [-0.25, -0.2) is 0 Å². The fourth-order valence-corrected chi connectivity index (χ4v) is 3.19. The van der Waals surface area contributed by atoms with Crippen LogP contribution in [0.5, 0.6) is 0 Å². The van der Waals surface area contributed by atoms with Crippen molar-refractivity contribution in [3.8, 4) is 0 Å². The van der Waals surface area contributed by atoms with E-state index in [0.29, 0.717) is 22.2 Å². The van der Waals surface area contributed by atoms with E-state index in [1.807, 2.05) is 0 Å². The molecule has 2 unspecified atom stereocenters. The zero-order valence-corrected chi connectivity index (χ0v) is 12.4. The van der Waals surface area contributed by atoms with Gasteiger partial charge in [-0.1, -0.05) is 31.4 Å². The first-order chi connectivity index (χ1) is 9.46. The maximum Gasteiger partial charge on any atom is 0.253 e. The second-order valence-corrected chi connectivity index (χ2v) is 6.26. The van der Waals surface area contributed by atoms with Gasteiger partial charge in [-0.3, -0.25) is 4.79 Å². The summed E-state index contributed by atoms with van der Waals surface area (Å²) in [6, 6.07) is 4.82. The van der Waals surface area contributed by atoms with E-state index in [1.54, 1.807) is 18.2 Å². The molecule has 0 heterocycles. The van der Waals surface area contributed by atoms with E-state index in [2.05, 4.69) is 12.2 Å². The minimum Gasteiger partial charge on any atom is -0.398 e. The molecule has 1 aromatic rings. The summed E-state index contributed by atoms with van der Waals surface area (Å²) in [7, 11) is 0. The number of nitrogen functional groups attached to an aromatic ring is 1. The molecular weight excluding hydrogens is 276 g/mol. The third kappa shape index (κ3) is 3.25. The predicted molar refractivity (Wildman–Crippen MR) is 80.8 cm³/mol. The van der Waals surface area contributed by atoms with Gasteiger partial charge in [-0.2, -0.15) is 0 Å². The highest BCUT2D eigenvalue weighted by atomic mass is 35.5. The number of hydrogen-bond donors (Lipinski definition) is 3. The van der Waals surface area contributed by atoms with E-state index in [1.165, 1.54) is 0 Å². The van der Waals surface area contributed by atoms with Crippen LogP contribution in [0.2, 0.25) is 5.02 Å². The largest absolute Gasteiger partial charge is 0.398 e. The molecule has 4 nitrogen and oxygen atoms in total. The molecule has 0 aliphatic heterocycles. The van der Waals surface area contributed by atoms with Crippen LogP contribution in [0.15, 0.2) is 18.2 Å². The average Bonchev–Trinajstić information content (AvgIpc) is 2.38. The highest BCUT2D eigenvalue weighted by Gasteiger charge is 2.36. The molecule has 5 heteroatoms. The minimum absolute atomic E-state index is 0.0451. The summed E-state index contributed by atoms with van der Waals surface area (Å²) < 4.78 is 0. The number of halogens is 1. The zero-order chi connectivity index (χ0) is 14.8. The van der Waals surface area contributed by atoms with Gasteiger partial charge in [0, 0.05) is 10.7 Å². The van der Waals surface area contributed by atoms with E-state index in [4.69, 9.17) is 17.3 Å². The number of aliphatic hydroxyl groups is 1. The van der Waals surface area contributed by atoms with Crippen LogP contribution in [0.1, 0.15) is 43.0 Å². The van der Waals surface area contributed by atoms with Gasteiger partial charge >= 0.3 is 0 Å². The molecule has 1 amide bonds. The lowest BCUT2D eigenvalue weighted by Gasteiger charge is -2.39. The highest BCUT2D eigenvalue weighted by Crippen LogP contribution is 2.32. The fraction of sp³-hybridized carbons (Fsp3) is 0.533. The van der Waals surface area contributed by atoms with Gasteiger partial charge in [0.05, 0.1) is 17.7 Å². The number of carbonyl (C=O) groups is 1. The number of rotatable bonds is 3. The smallest absolute Gasteiger partial charge is 0.253 e. The molecule has 1 fully saturated rings. The summed E-state index contributed by atoms with van der Waals surface area (Å²) in [6.45, 7) is 2.10. The molecule has 1 saturated carbocycles. The molecule has 2 atom stereocenters. The van der Waals surface area contributed by atoms with Crippen molar-refractivity contribution in [3.63, 3.8) is 0 Å². The van der Waals surface area contributed by atoms with Gasteiger partial charge in [-0.05, 0) is 37.0 Å². The number of nitrogens with two attached hydrogens (primary N) is 1. The number of amides is 1. The Bertz CT molecular complexity index is 507. The van der Waals surface area contributed by atoms with Crippen LogP contribution >= 0.6 is 11.6 Å². The lowest BCUT2D eigenvalue weighted by molar-refractivity contribution is 0.0698. The van der Waals surface area contributed by atoms with Gasteiger partial charge in [0.2, 0.25) is 0 Å². The van der Waals surface area contributed by atoms with E-state index in [0.717, 1.165) is 25.7 Å². The van der Waals surface area contributed by atoms with E-state index < -0.39 is 5.54 Å². The zero-order valence-electron chi connectivity index (χ0n) is 11.7. The van der Waals surface area contributed by atoms with Crippen LogP contribution < -0.4 is 11.1 Å². The molecule has 110 valence electrons. The Balaban J connectivity index is 2.16. The van der Waals surface area contributed by atoms with Crippen molar-refractivity contribution in [1.29, 1.82) is 0 Å². The number of carbonyl (C=O) groups excluding carboxylic acids is 1. The second-order valence-electron chi connectivity index (χ2n) is 5.83. The summed E-state index contributed by atoms with van der Waals surface area (Å²) in [5.74, 6) is 0.251. The molecule has 0 aromatic heterocycles. The van der Waals surface area contributed by atoms with Crippen molar-refractivity contribution < 1.29 is 9.90 Å². The number of aliphatic hydroxyl groups excluding tert-OH is 1. The van der Waals surface area contributed by atoms with Crippen molar-refractivity contribution in [2.75, 3.05) is 12.3 Å². The number of benzene rings is 1. The van der Waals surface area contributed by atoms with Crippen molar-refractivity contribution in [2.24, 2.45) is 5.92 Å². The van der Waals surface area contributed by atoms with Crippen molar-refractivity contribution in [3.05, 3.63) is 28.8 Å². The van der Waals surface area contributed by atoms with Crippen LogP contribution in [0, 0.1) is 5.92 Å². The Morgan fingerprint density at radius 1 is 1.60 bits per heavy atom. The van der Waals surface area contributed by atoms with Crippen LogP contribution in [-0.2, 0) is 0 Å². The molecule has 0 bridgehead atoms. The number of nitrogens with one attached hydrogen (secondary N) is 1. The Hall–Kier alpha value is -1.26. The lowest BCUT2D eigenvalue weighted by Crippen LogP contribution is -2.53.